The fraction of sp³-hybridized carbons (Fsp3) is 0.200. The lowest BCUT2D eigenvalue weighted by molar-refractivity contribution is 0.0948. The number of nitrogens with zero attached hydrogens (tertiary/aromatic N) is 1. The Hall–Kier alpha value is -2.30. The van der Waals surface area contributed by atoms with Crippen LogP contribution in [0.15, 0.2) is 36.4 Å². The second-order valence-corrected chi connectivity index (χ2v) is 4.42. The second kappa shape index (κ2) is 6.23. The highest BCUT2D eigenvalue weighted by Crippen LogP contribution is 2.10. The van der Waals surface area contributed by atoms with Gasteiger partial charge in [0.15, 0.2) is 0 Å². The Kier molecular flexibility index (Phi) is 4.40. The van der Waals surface area contributed by atoms with Crippen molar-refractivity contribution >= 4 is 5.91 Å². The molecule has 0 saturated carbocycles. The summed E-state index contributed by atoms with van der Waals surface area (Å²) in [7, 11) is 0. The highest BCUT2D eigenvalue weighted by molar-refractivity contribution is 5.92. The summed E-state index contributed by atoms with van der Waals surface area (Å²) in [5.41, 5.74) is 1.84. The van der Waals surface area contributed by atoms with Crippen molar-refractivity contribution in [2.75, 3.05) is 6.54 Å². The SMILES string of the molecule is Cc1cc(F)ccc1CCNC(=O)c1cccc(F)n1. The molecule has 1 amide bonds. The van der Waals surface area contributed by atoms with Crippen LogP contribution in [0, 0.1) is 18.7 Å². The van der Waals surface area contributed by atoms with Crippen molar-refractivity contribution in [1.29, 1.82) is 0 Å². The minimum atomic E-state index is -0.688. The average molecular weight is 276 g/mol. The Labute approximate surface area is 115 Å². The molecule has 0 fully saturated rings. The summed E-state index contributed by atoms with van der Waals surface area (Å²) in [5.74, 6) is -1.39. The van der Waals surface area contributed by atoms with Crippen LogP contribution in [0.1, 0.15) is 21.6 Å². The lowest BCUT2D eigenvalue weighted by atomic mass is 10.1. The van der Waals surface area contributed by atoms with E-state index in [1.807, 2.05) is 6.92 Å². The first-order valence-electron chi connectivity index (χ1n) is 6.22. The van der Waals surface area contributed by atoms with E-state index in [2.05, 4.69) is 10.3 Å². The molecule has 0 aliphatic heterocycles. The van der Waals surface area contributed by atoms with Crippen molar-refractivity contribution in [3.63, 3.8) is 0 Å². The zero-order valence-corrected chi connectivity index (χ0v) is 11.0. The van der Waals surface area contributed by atoms with Gasteiger partial charge >= 0.3 is 0 Å². The number of benzene rings is 1. The predicted molar refractivity (Wildman–Crippen MR) is 71.4 cm³/mol. The topological polar surface area (TPSA) is 42.0 Å². The monoisotopic (exact) mass is 276 g/mol. The van der Waals surface area contributed by atoms with E-state index in [1.165, 1.54) is 30.3 Å². The summed E-state index contributed by atoms with van der Waals surface area (Å²) in [6.45, 7) is 2.19. The molecule has 3 nitrogen and oxygen atoms in total. The summed E-state index contributed by atoms with van der Waals surface area (Å²) in [6.07, 6.45) is 0.577. The van der Waals surface area contributed by atoms with Gasteiger partial charge in [0.05, 0.1) is 0 Å². The number of carbonyl (C=O) groups is 1. The maximum atomic E-state index is 12.9. The van der Waals surface area contributed by atoms with Crippen LogP contribution in [0.2, 0.25) is 0 Å². The Balaban J connectivity index is 1.91. The van der Waals surface area contributed by atoms with Gasteiger partial charge in [0, 0.05) is 6.54 Å². The molecule has 2 aromatic rings. The van der Waals surface area contributed by atoms with E-state index in [-0.39, 0.29) is 11.5 Å². The third-order valence-electron chi connectivity index (χ3n) is 2.93. The van der Waals surface area contributed by atoms with Crippen molar-refractivity contribution in [2.24, 2.45) is 0 Å². The fourth-order valence-electron chi connectivity index (χ4n) is 1.88. The van der Waals surface area contributed by atoms with Gasteiger partial charge in [0.1, 0.15) is 11.5 Å². The molecule has 2 rings (SSSR count). The molecule has 0 spiro atoms. The van der Waals surface area contributed by atoms with Gasteiger partial charge in [-0.05, 0) is 48.7 Å². The van der Waals surface area contributed by atoms with E-state index < -0.39 is 11.9 Å². The van der Waals surface area contributed by atoms with Crippen molar-refractivity contribution in [3.8, 4) is 0 Å². The number of rotatable bonds is 4. The van der Waals surface area contributed by atoms with E-state index in [0.29, 0.717) is 13.0 Å². The van der Waals surface area contributed by atoms with Gasteiger partial charge in [-0.25, -0.2) is 9.37 Å². The van der Waals surface area contributed by atoms with Gasteiger partial charge in [-0.2, -0.15) is 4.39 Å². The summed E-state index contributed by atoms with van der Waals surface area (Å²) in [4.78, 5) is 15.2. The third-order valence-corrected chi connectivity index (χ3v) is 2.93. The van der Waals surface area contributed by atoms with E-state index in [1.54, 1.807) is 6.07 Å². The molecule has 1 aromatic carbocycles. The van der Waals surface area contributed by atoms with Gasteiger partial charge in [-0.3, -0.25) is 4.79 Å². The molecule has 0 aliphatic carbocycles. The molecule has 20 heavy (non-hydrogen) atoms. The third kappa shape index (κ3) is 3.60. The van der Waals surface area contributed by atoms with Crippen LogP contribution in [0.5, 0.6) is 0 Å². The molecule has 1 aromatic heterocycles. The summed E-state index contributed by atoms with van der Waals surface area (Å²) in [6, 6.07) is 8.59. The van der Waals surface area contributed by atoms with Gasteiger partial charge in [-0.15, -0.1) is 0 Å². The quantitative estimate of drug-likeness (QED) is 0.872. The smallest absolute Gasteiger partial charge is 0.270 e. The molecule has 0 unspecified atom stereocenters. The minimum Gasteiger partial charge on any atom is -0.350 e. The van der Waals surface area contributed by atoms with Crippen molar-refractivity contribution in [2.45, 2.75) is 13.3 Å². The number of amides is 1. The van der Waals surface area contributed by atoms with Crippen LogP contribution in [-0.2, 0) is 6.42 Å². The number of nitrogens with one attached hydrogen (secondary N) is 1. The molecule has 5 heteroatoms. The van der Waals surface area contributed by atoms with E-state index in [9.17, 15) is 13.6 Å². The Morgan fingerprint density at radius 1 is 1.25 bits per heavy atom. The van der Waals surface area contributed by atoms with Crippen LogP contribution < -0.4 is 5.32 Å². The maximum Gasteiger partial charge on any atom is 0.270 e. The number of carbonyl (C=O) groups excluding carboxylic acids is 1. The van der Waals surface area contributed by atoms with Crippen molar-refractivity contribution < 1.29 is 13.6 Å². The van der Waals surface area contributed by atoms with E-state index in [4.69, 9.17) is 0 Å². The molecule has 0 aliphatic rings. The van der Waals surface area contributed by atoms with Gasteiger partial charge in [0.25, 0.3) is 5.91 Å². The lowest BCUT2D eigenvalue weighted by Gasteiger charge is -2.07. The van der Waals surface area contributed by atoms with Crippen molar-refractivity contribution in [1.82, 2.24) is 10.3 Å². The molecule has 104 valence electrons. The van der Waals surface area contributed by atoms with Crippen LogP contribution >= 0.6 is 0 Å². The first-order chi connectivity index (χ1) is 9.56. The average Bonchev–Trinajstić information content (AvgIpc) is 2.41. The van der Waals surface area contributed by atoms with Gasteiger partial charge in [0.2, 0.25) is 5.95 Å². The van der Waals surface area contributed by atoms with Crippen LogP contribution in [0.3, 0.4) is 0 Å². The zero-order valence-electron chi connectivity index (χ0n) is 11.0. The minimum absolute atomic E-state index is 0.0424. The predicted octanol–water partition coefficient (Wildman–Crippen LogP) is 2.64. The molecule has 0 bridgehead atoms. The molecule has 0 radical (unpaired) electrons. The largest absolute Gasteiger partial charge is 0.350 e. The Morgan fingerprint density at radius 3 is 2.75 bits per heavy atom. The molecule has 0 saturated heterocycles. The molecule has 1 heterocycles. The normalized spacial score (nSPS) is 10.3. The number of aryl methyl sites for hydroxylation is 1. The molecule has 0 atom stereocenters. The molecule has 1 N–H and O–H groups in total. The standard InChI is InChI=1S/C15H14F2N2O/c1-10-9-12(16)6-5-11(10)7-8-18-15(20)13-3-2-4-14(17)19-13/h2-6,9H,7-8H2,1H3,(H,18,20). The fourth-order valence-corrected chi connectivity index (χ4v) is 1.88. The number of halogens is 2. The maximum absolute atomic E-state index is 12.9. The zero-order chi connectivity index (χ0) is 14.5. The van der Waals surface area contributed by atoms with E-state index in [0.717, 1.165) is 11.1 Å². The summed E-state index contributed by atoms with van der Waals surface area (Å²) in [5, 5.41) is 2.65. The second-order valence-electron chi connectivity index (χ2n) is 4.42. The highest BCUT2D eigenvalue weighted by atomic mass is 19.1. The molecular weight excluding hydrogens is 262 g/mol. The number of pyridine rings is 1. The number of aromatic nitrogens is 1. The van der Waals surface area contributed by atoms with Gasteiger partial charge < -0.3 is 5.32 Å². The lowest BCUT2D eigenvalue weighted by Crippen LogP contribution is -2.26. The Bertz CT molecular complexity index is 629. The summed E-state index contributed by atoms with van der Waals surface area (Å²) < 4.78 is 25.8. The van der Waals surface area contributed by atoms with Crippen molar-refractivity contribution in [3.05, 3.63) is 65.0 Å². The first kappa shape index (κ1) is 14.1. The van der Waals surface area contributed by atoms with Gasteiger partial charge in [-0.1, -0.05) is 12.1 Å². The number of hydrogen-bond acceptors (Lipinski definition) is 2. The first-order valence-corrected chi connectivity index (χ1v) is 6.22. The van der Waals surface area contributed by atoms with E-state index >= 15 is 0 Å². The highest BCUT2D eigenvalue weighted by Gasteiger charge is 2.08. The van der Waals surface area contributed by atoms with Crippen LogP contribution in [0.4, 0.5) is 8.78 Å². The summed E-state index contributed by atoms with van der Waals surface area (Å²) >= 11 is 0. The molecular formula is C15H14F2N2O. The van der Waals surface area contributed by atoms with Crippen LogP contribution in [0.25, 0.3) is 0 Å². The Morgan fingerprint density at radius 2 is 2.05 bits per heavy atom. The number of hydrogen-bond donors (Lipinski definition) is 1. The van der Waals surface area contributed by atoms with Crippen LogP contribution in [-0.4, -0.2) is 17.4 Å².